The monoisotopic (exact) mass is 335 g/mol. The summed E-state index contributed by atoms with van der Waals surface area (Å²) in [4.78, 5) is 12.7. The van der Waals surface area contributed by atoms with Gasteiger partial charge in [-0.3, -0.25) is 4.79 Å². The Bertz CT molecular complexity index is 530. The molecular formula is C20H33NO3. The van der Waals surface area contributed by atoms with Gasteiger partial charge in [0.05, 0.1) is 6.10 Å². The number of amides is 1. The third-order valence-electron chi connectivity index (χ3n) is 4.29. The molecule has 2 atom stereocenters. The van der Waals surface area contributed by atoms with E-state index in [2.05, 4.69) is 26.1 Å². The van der Waals surface area contributed by atoms with Crippen molar-refractivity contribution in [1.29, 1.82) is 0 Å². The fourth-order valence-corrected chi connectivity index (χ4v) is 2.51. The number of ether oxygens (including phenoxy) is 2. The van der Waals surface area contributed by atoms with Crippen LogP contribution in [0.1, 0.15) is 65.9 Å². The lowest BCUT2D eigenvalue weighted by molar-refractivity contribution is -0.139. The highest BCUT2D eigenvalue weighted by molar-refractivity contribution is 5.97. The molecule has 0 unspecified atom stereocenters. The van der Waals surface area contributed by atoms with Crippen molar-refractivity contribution in [1.82, 2.24) is 0 Å². The maximum atomic E-state index is 12.7. The third kappa shape index (κ3) is 5.82. The molecular weight excluding hydrogens is 302 g/mol. The van der Waals surface area contributed by atoms with Gasteiger partial charge in [-0.1, -0.05) is 26.7 Å². The second-order valence-corrected chi connectivity index (χ2v) is 6.54. The van der Waals surface area contributed by atoms with Crippen molar-refractivity contribution < 1.29 is 14.3 Å². The highest BCUT2D eigenvalue weighted by atomic mass is 16.5. The molecule has 0 bridgehead atoms. The van der Waals surface area contributed by atoms with Crippen molar-refractivity contribution in [2.45, 2.75) is 78.9 Å². The van der Waals surface area contributed by atoms with E-state index in [0.717, 1.165) is 42.7 Å². The summed E-state index contributed by atoms with van der Waals surface area (Å²) in [6.07, 6.45) is 3.86. The Morgan fingerprint density at radius 1 is 1.29 bits per heavy atom. The lowest BCUT2D eigenvalue weighted by Gasteiger charge is -2.28. The topological polar surface area (TPSA) is 47.6 Å². The lowest BCUT2D eigenvalue weighted by atomic mass is 9.97. The van der Waals surface area contributed by atoms with E-state index in [1.165, 1.54) is 0 Å². The van der Waals surface area contributed by atoms with Crippen LogP contribution in [0.15, 0.2) is 18.2 Å². The van der Waals surface area contributed by atoms with E-state index in [9.17, 15) is 4.79 Å². The number of anilines is 1. The molecule has 0 aliphatic rings. The maximum Gasteiger partial charge on any atom is 0.256 e. The first-order valence-corrected chi connectivity index (χ1v) is 9.09. The third-order valence-corrected chi connectivity index (χ3v) is 4.29. The van der Waals surface area contributed by atoms with E-state index < -0.39 is 5.60 Å². The van der Waals surface area contributed by atoms with Crippen LogP contribution in [0, 0.1) is 6.92 Å². The van der Waals surface area contributed by atoms with Crippen LogP contribution >= 0.6 is 0 Å². The average Bonchev–Trinajstić information content (AvgIpc) is 2.55. The van der Waals surface area contributed by atoms with Gasteiger partial charge < -0.3 is 14.8 Å². The second kappa shape index (κ2) is 9.67. The minimum Gasteiger partial charge on any atom is -0.490 e. The molecule has 1 aromatic rings. The Kier molecular flexibility index (Phi) is 8.26. The predicted octanol–water partition coefficient (Wildman–Crippen LogP) is 5.10. The molecule has 0 aromatic heterocycles. The van der Waals surface area contributed by atoms with Gasteiger partial charge >= 0.3 is 0 Å². The molecule has 0 saturated heterocycles. The minimum absolute atomic E-state index is 0.0900. The predicted molar refractivity (Wildman–Crippen MR) is 99.7 cm³/mol. The largest absolute Gasteiger partial charge is 0.490 e. The first-order valence-electron chi connectivity index (χ1n) is 9.09. The molecule has 1 amide bonds. The number of unbranched alkanes of at least 4 members (excludes halogenated alkanes) is 1. The fourth-order valence-electron chi connectivity index (χ4n) is 2.51. The van der Waals surface area contributed by atoms with Gasteiger partial charge in [0.15, 0.2) is 0 Å². The Hall–Kier alpha value is -1.55. The van der Waals surface area contributed by atoms with E-state index in [1.54, 1.807) is 0 Å². The molecule has 0 heterocycles. The Labute approximate surface area is 146 Å². The van der Waals surface area contributed by atoms with Gasteiger partial charge in [-0.2, -0.15) is 0 Å². The molecule has 0 radical (unpaired) electrons. The summed E-state index contributed by atoms with van der Waals surface area (Å²) in [5.74, 6) is 0.772. The van der Waals surface area contributed by atoms with Crippen molar-refractivity contribution in [3.8, 4) is 5.75 Å². The highest BCUT2D eigenvalue weighted by Crippen LogP contribution is 2.26. The van der Waals surface area contributed by atoms with Crippen molar-refractivity contribution in [3.05, 3.63) is 23.8 Å². The molecule has 0 fully saturated rings. The zero-order chi connectivity index (χ0) is 18.2. The highest BCUT2D eigenvalue weighted by Gasteiger charge is 2.33. The SMILES string of the molecule is CCCC[C@@](C)(OCC)C(=O)Nc1ccc(O[C@H](C)CC)c(C)c1. The van der Waals surface area contributed by atoms with Gasteiger partial charge in [0.1, 0.15) is 11.4 Å². The van der Waals surface area contributed by atoms with Crippen LogP contribution in [0.5, 0.6) is 5.75 Å². The molecule has 0 aliphatic heterocycles. The summed E-state index contributed by atoms with van der Waals surface area (Å²) in [6, 6.07) is 5.75. The summed E-state index contributed by atoms with van der Waals surface area (Å²) >= 11 is 0. The van der Waals surface area contributed by atoms with Gasteiger partial charge in [0.2, 0.25) is 0 Å². The fraction of sp³-hybridized carbons (Fsp3) is 0.650. The molecule has 4 nitrogen and oxygen atoms in total. The first-order chi connectivity index (χ1) is 11.4. The number of nitrogens with one attached hydrogen (secondary N) is 1. The summed E-state index contributed by atoms with van der Waals surface area (Å²) in [5.41, 5.74) is 1.00. The Balaban J connectivity index is 2.83. The molecule has 0 spiro atoms. The smallest absolute Gasteiger partial charge is 0.256 e. The standard InChI is InChI=1S/C20H33NO3/c1-7-10-13-20(6,23-9-3)19(22)21-17-11-12-18(15(4)14-17)24-16(5)8-2/h11-12,14,16H,7-10,13H2,1-6H3,(H,21,22)/t16-,20-/m1/s1. The van der Waals surface area contributed by atoms with Crippen molar-refractivity contribution in [2.75, 3.05) is 11.9 Å². The average molecular weight is 335 g/mol. The molecule has 0 saturated carbocycles. The number of hydrogen-bond acceptors (Lipinski definition) is 3. The van der Waals surface area contributed by atoms with E-state index >= 15 is 0 Å². The minimum atomic E-state index is -0.787. The van der Waals surface area contributed by atoms with Crippen LogP contribution in [0.4, 0.5) is 5.69 Å². The normalized spacial score (nSPS) is 14.8. The molecule has 4 heteroatoms. The summed E-state index contributed by atoms with van der Waals surface area (Å²) in [7, 11) is 0. The van der Waals surface area contributed by atoms with Crippen molar-refractivity contribution in [3.63, 3.8) is 0 Å². The Morgan fingerprint density at radius 2 is 2.00 bits per heavy atom. The van der Waals surface area contributed by atoms with E-state index in [-0.39, 0.29) is 12.0 Å². The van der Waals surface area contributed by atoms with Crippen LogP contribution < -0.4 is 10.1 Å². The molecule has 24 heavy (non-hydrogen) atoms. The van der Waals surface area contributed by atoms with E-state index in [0.29, 0.717) is 6.61 Å². The zero-order valence-corrected chi connectivity index (χ0v) is 16.1. The molecule has 0 aliphatic carbocycles. The van der Waals surface area contributed by atoms with E-state index in [1.807, 2.05) is 39.0 Å². The number of aryl methyl sites for hydroxylation is 1. The van der Waals surface area contributed by atoms with E-state index in [4.69, 9.17) is 9.47 Å². The second-order valence-electron chi connectivity index (χ2n) is 6.54. The summed E-state index contributed by atoms with van der Waals surface area (Å²) in [5, 5.41) is 2.99. The number of hydrogen-bond donors (Lipinski definition) is 1. The zero-order valence-electron chi connectivity index (χ0n) is 16.1. The van der Waals surface area contributed by atoms with Gasteiger partial charge in [-0.15, -0.1) is 0 Å². The van der Waals surface area contributed by atoms with Crippen LogP contribution in [0.2, 0.25) is 0 Å². The summed E-state index contributed by atoms with van der Waals surface area (Å²) < 4.78 is 11.6. The van der Waals surface area contributed by atoms with Crippen LogP contribution in [-0.2, 0) is 9.53 Å². The summed E-state index contributed by atoms with van der Waals surface area (Å²) in [6.45, 7) is 12.6. The number of rotatable bonds is 10. The molecule has 136 valence electrons. The Morgan fingerprint density at radius 3 is 2.54 bits per heavy atom. The number of carbonyl (C=O) groups is 1. The van der Waals surface area contributed by atoms with Crippen LogP contribution in [-0.4, -0.2) is 24.2 Å². The van der Waals surface area contributed by atoms with Crippen LogP contribution in [0.25, 0.3) is 0 Å². The molecule has 1 aromatic carbocycles. The van der Waals surface area contributed by atoms with Crippen molar-refractivity contribution in [2.24, 2.45) is 0 Å². The maximum absolute atomic E-state index is 12.7. The first kappa shape index (κ1) is 20.5. The quantitative estimate of drug-likeness (QED) is 0.647. The lowest BCUT2D eigenvalue weighted by Crippen LogP contribution is -2.42. The van der Waals surface area contributed by atoms with Gasteiger partial charge in [0, 0.05) is 12.3 Å². The molecule has 1 N–H and O–H groups in total. The van der Waals surface area contributed by atoms with Crippen molar-refractivity contribution >= 4 is 11.6 Å². The number of carbonyl (C=O) groups excluding carboxylic acids is 1. The van der Waals surface area contributed by atoms with Gasteiger partial charge in [0.25, 0.3) is 5.91 Å². The molecule has 1 rings (SSSR count). The van der Waals surface area contributed by atoms with Gasteiger partial charge in [-0.25, -0.2) is 0 Å². The number of benzene rings is 1. The van der Waals surface area contributed by atoms with Gasteiger partial charge in [-0.05, 0) is 64.3 Å². The van der Waals surface area contributed by atoms with Crippen LogP contribution in [0.3, 0.4) is 0 Å².